The minimum atomic E-state index is -3.74. The molecule has 1 aliphatic heterocycles. The zero-order chi connectivity index (χ0) is 22.6. The van der Waals surface area contributed by atoms with Gasteiger partial charge in [-0.2, -0.15) is 4.31 Å². The Balaban J connectivity index is 1.89. The number of nitrogens with zero attached hydrogens (tertiary/aromatic N) is 1. The van der Waals surface area contributed by atoms with Crippen LogP contribution in [0.1, 0.15) is 30.4 Å². The van der Waals surface area contributed by atoms with E-state index >= 15 is 0 Å². The summed E-state index contributed by atoms with van der Waals surface area (Å²) in [5.74, 6) is -0.304. The molecule has 0 saturated carbocycles. The van der Waals surface area contributed by atoms with Gasteiger partial charge in [0.05, 0.1) is 39.8 Å². The van der Waals surface area contributed by atoms with Crippen molar-refractivity contribution in [1.82, 2.24) is 4.31 Å². The molecule has 2 aromatic rings. The number of hydrogen-bond acceptors (Lipinski definition) is 7. The highest BCUT2D eigenvalue weighted by molar-refractivity contribution is 7.89. The molecule has 0 bridgehead atoms. The smallest absolute Gasteiger partial charge is 0.265 e. The van der Waals surface area contributed by atoms with Crippen LogP contribution in [0.2, 0.25) is 0 Å². The molecule has 0 unspecified atom stereocenters. The van der Waals surface area contributed by atoms with Crippen LogP contribution in [0.3, 0.4) is 0 Å². The van der Waals surface area contributed by atoms with E-state index in [0.29, 0.717) is 28.8 Å². The highest BCUT2D eigenvalue weighted by atomic mass is 32.2. The maximum atomic E-state index is 13.0. The van der Waals surface area contributed by atoms with Gasteiger partial charge in [0, 0.05) is 20.0 Å². The molecule has 2 heterocycles. The lowest BCUT2D eigenvalue weighted by molar-refractivity contribution is -0.114. The van der Waals surface area contributed by atoms with Crippen molar-refractivity contribution < 1.29 is 27.5 Å². The summed E-state index contributed by atoms with van der Waals surface area (Å²) in [5, 5.41) is 5.91. The predicted octanol–water partition coefficient (Wildman–Crippen LogP) is 2.77. The van der Waals surface area contributed by atoms with Gasteiger partial charge in [0.2, 0.25) is 15.9 Å². The SMILES string of the molecule is CC(=O)Nc1ccc(C(=O)Nc2cc(S(=O)(=O)N3CCOCC3)ccc2OC(C)C)s1. The van der Waals surface area contributed by atoms with Crippen LogP contribution in [-0.2, 0) is 19.6 Å². The molecular weight excluding hydrogens is 442 g/mol. The maximum absolute atomic E-state index is 13.0. The van der Waals surface area contributed by atoms with E-state index in [0.717, 1.165) is 11.3 Å². The fourth-order valence-electron chi connectivity index (χ4n) is 2.94. The second kappa shape index (κ2) is 9.77. The highest BCUT2D eigenvalue weighted by Gasteiger charge is 2.27. The van der Waals surface area contributed by atoms with Crippen molar-refractivity contribution in [3.63, 3.8) is 0 Å². The standard InChI is InChI=1S/C20H25N3O6S2/c1-13(2)29-17-5-4-15(31(26,27)23-8-10-28-11-9-23)12-16(17)22-20(25)18-6-7-19(30-18)21-14(3)24/h4-7,12-13H,8-11H2,1-3H3,(H,21,24)(H,22,25). The summed E-state index contributed by atoms with van der Waals surface area (Å²) in [7, 11) is -3.74. The molecule has 1 aromatic heterocycles. The Kier molecular flexibility index (Phi) is 7.31. The zero-order valence-electron chi connectivity index (χ0n) is 17.5. The lowest BCUT2D eigenvalue weighted by Gasteiger charge is -2.26. The van der Waals surface area contributed by atoms with Crippen LogP contribution in [0.5, 0.6) is 5.75 Å². The fourth-order valence-corrected chi connectivity index (χ4v) is 5.23. The first-order valence-electron chi connectivity index (χ1n) is 9.74. The van der Waals surface area contributed by atoms with E-state index in [1.54, 1.807) is 18.2 Å². The summed E-state index contributed by atoms with van der Waals surface area (Å²) in [6.07, 6.45) is -0.176. The first-order chi connectivity index (χ1) is 14.7. The number of amides is 2. The van der Waals surface area contributed by atoms with E-state index in [9.17, 15) is 18.0 Å². The van der Waals surface area contributed by atoms with E-state index in [1.807, 2.05) is 13.8 Å². The molecule has 31 heavy (non-hydrogen) atoms. The molecule has 0 atom stereocenters. The van der Waals surface area contributed by atoms with Gasteiger partial charge >= 0.3 is 0 Å². The van der Waals surface area contributed by atoms with E-state index < -0.39 is 15.9 Å². The van der Waals surface area contributed by atoms with Crippen molar-refractivity contribution in [2.24, 2.45) is 0 Å². The van der Waals surface area contributed by atoms with Crippen LogP contribution in [-0.4, -0.2) is 56.9 Å². The summed E-state index contributed by atoms with van der Waals surface area (Å²) in [5.41, 5.74) is 0.252. The number of anilines is 2. The van der Waals surface area contributed by atoms with Crippen molar-refractivity contribution in [2.75, 3.05) is 36.9 Å². The topological polar surface area (TPSA) is 114 Å². The van der Waals surface area contributed by atoms with E-state index in [-0.39, 0.29) is 35.7 Å². The normalized spacial score (nSPS) is 15.0. The minimum Gasteiger partial charge on any atom is -0.489 e. The number of ether oxygens (including phenoxy) is 2. The lowest BCUT2D eigenvalue weighted by Crippen LogP contribution is -2.40. The van der Waals surface area contributed by atoms with Gasteiger partial charge in [0.25, 0.3) is 5.91 Å². The van der Waals surface area contributed by atoms with Crippen molar-refractivity contribution in [3.05, 3.63) is 35.2 Å². The van der Waals surface area contributed by atoms with Gasteiger partial charge in [0.1, 0.15) is 5.75 Å². The lowest BCUT2D eigenvalue weighted by atomic mass is 10.2. The molecular formula is C20H25N3O6S2. The Morgan fingerprint density at radius 3 is 2.48 bits per heavy atom. The van der Waals surface area contributed by atoms with Gasteiger partial charge in [-0.1, -0.05) is 0 Å². The Hall–Kier alpha value is -2.47. The van der Waals surface area contributed by atoms with Crippen LogP contribution in [0.15, 0.2) is 35.2 Å². The summed E-state index contributed by atoms with van der Waals surface area (Å²) >= 11 is 1.12. The van der Waals surface area contributed by atoms with Crippen molar-refractivity contribution in [3.8, 4) is 5.75 Å². The molecule has 11 heteroatoms. The third kappa shape index (κ3) is 5.82. The number of morpholine rings is 1. The van der Waals surface area contributed by atoms with Crippen LogP contribution in [0.25, 0.3) is 0 Å². The largest absolute Gasteiger partial charge is 0.489 e. The number of rotatable bonds is 7. The van der Waals surface area contributed by atoms with Crippen molar-refractivity contribution in [2.45, 2.75) is 31.8 Å². The average Bonchev–Trinajstić information content (AvgIpc) is 3.17. The van der Waals surface area contributed by atoms with Gasteiger partial charge in [0.15, 0.2) is 0 Å². The van der Waals surface area contributed by atoms with Crippen molar-refractivity contribution >= 4 is 43.9 Å². The van der Waals surface area contributed by atoms with Crippen LogP contribution in [0, 0.1) is 0 Å². The summed E-state index contributed by atoms with van der Waals surface area (Å²) in [6, 6.07) is 7.63. The number of benzene rings is 1. The number of carbonyl (C=O) groups excluding carboxylic acids is 2. The van der Waals surface area contributed by atoms with Crippen LogP contribution in [0.4, 0.5) is 10.7 Å². The molecule has 0 radical (unpaired) electrons. The molecule has 0 aliphatic carbocycles. The Morgan fingerprint density at radius 1 is 1.13 bits per heavy atom. The van der Waals surface area contributed by atoms with Gasteiger partial charge < -0.3 is 20.1 Å². The third-order valence-electron chi connectivity index (χ3n) is 4.30. The number of carbonyl (C=O) groups is 2. The Bertz CT molecular complexity index is 1060. The summed E-state index contributed by atoms with van der Waals surface area (Å²) < 4.78 is 38.4. The zero-order valence-corrected chi connectivity index (χ0v) is 19.1. The molecule has 2 N–H and O–H groups in total. The van der Waals surface area contributed by atoms with E-state index in [4.69, 9.17) is 9.47 Å². The first kappa shape index (κ1) is 23.2. The molecule has 1 fully saturated rings. The van der Waals surface area contributed by atoms with Crippen LogP contribution >= 0.6 is 11.3 Å². The Labute approximate surface area is 185 Å². The third-order valence-corrected chi connectivity index (χ3v) is 7.19. The maximum Gasteiger partial charge on any atom is 0.265 e. The molecule has 168 valence electrons. The number of nitrogens with one attached hydrogen (secondary N) is 2. The molecule has 2 amide bonds. The summed E-state index contributed by atoms with van der Waals surface area (Å²) in [4.78, 5) is 24.4. The second-order valence-corrected chi connectivity index (χ2v) is 10.2. The van der Waals surface area contributed by atoms with Crippen molar-refractivity contribution in [1.29, 1.82) is 0 Å². The van der Waals surface area contributed by atoms with Crippen LogP contribution < -0.4 is 15.4 Å². The van der Waals surface area contributed by atoms with Gasteiger partial charge in [-0.25, -0.2) is 8.42 Å². The number of hydrogen-bond donors (Lipinski definition) is 2. The molecule has 1 aromatic carbocycles. The molecule has 9 nitrogen and oxygen atoms in total. The number of thiophene rings is 1. The minimum absolute atomic E-state index is 0.0610. The molecule has 0 spiro atoms. The molecule has 3 rings (SSSR count). The Morgan fingerprint density at radius 2 is 1.84 bits per heavy atom. The van der Waals surface area contributed by atoms with Gasteiger partial charge in [-0.15, -0.1) is 11.3 Å². The quantitative estimate of drug-likeness (QED) is 0.647. The van der Waals surface area contributed by atoms with Gasteiger partial charge in [-0.05, 0) is 44.2 Å². The van der Waals surface area contributed by atoms with Gasteiger partial charge in [-0.3, -0.25) is 9.59 Å². The van der Waals surface area contributed by atoms with E-state index in [2.05, 4.69) is 10.6 Å². The monoisotopic (exact) mass is 467 g/mol. The fraction of sp³-hybridized carbons (Fsp3) is 0.400. The van der Waals surface area contributed by atoms with E-state index in [1.165, 1.54) is 23.4 Å². The molecule has 1 saturated heterocycles. The molecule has 1 aliphatic rings. The number of sulfonamides is 1. The first-order valence-corrected chi connectivity index (χ1v) is 12.0. The average molecular weight is 468 g/mol. The second-order valence-electron chi connectivity index (χ2n) is 7.14. The predicted molar refractivity (Wildman–Crippen MR) is 118 cm³/mol. The summed E-state index contributed by atoms with van der Waals surface area (Å²) in [6.45, 7) is 6.28. The highest BCUT2D eigenvalue weighted by Crippen LogP contribution is 2.31.